The Morgan fingerprint density at radius 2 is 1.75 bits per heavy atom. The number of benzene rings is 2. The van der Waals surface area contributed by atoms with Crippen LogP contribution in [0.4, 0.5) is 5.69 Å². The van der Waals surface area contributed by atoms with Crippen LogP contribution < -0.4 is 15.8 Å². The highest BCUT2D eigenvalue weighted by Crippen LogP contribution is 2.31. The molecule has 1 fully saturated rings. The molecular weight excluding hydrogens is 398 g/mol. The summed E-state index contributed by atoms with van der Waals surface area (Å²) < 4.78 is 27.7. The topological polar surface area (TPSA) is 101 Å². The fourth-order valence-corrected chi connectivity index (χ4v) is 3.86. The minimum atomic E-state index is -3.72. The first kappa shape index (κ1) is 22.2. The van der Waals surface area contributed by atoms with Gasteiger partial charge in [0.25, 0.3) is 15.9 Å². The molecule has 0 saturated heterocycles. The molecule has 4 N–H and O–H groups in total. The first-order valence-corrected chi connectivity index (χ1v) is 10.5. The molecule has 1 atom stereocenters. The van der Waals surface area contributed by atoms with Crippen LogP contribution in [0.1, 0.15) is 34.3 Å². The maximum atomic E-state index is 12.5. The van der Waals surface area contributed by atoms with Crippen molar-refractivity contribution >= 4 is 34.0 Å². The Kier molecular flexibility index (Phi) is 7.09. The zero-order valence-electron chi connectivity index (χ0n) is 15.9. The minimum Gasteiger partial charge on any atom is -0.350 e. The zero-order valence-corrected chi connectivity index (χ0v) is 17.6. The van der Waals surface area contributed by atoms with Gasteiger partial charge < -0.3 is 11.1 Å². The average molecular weight is 424 g/mol. The van der Waals surface area contributed by atoms with E-state index in [-0.39, 0.29) is 29.3 Å². The molecular formula is C20H26ClN3O3S. The van der Waals surface area contributed by atoms with E-state index >= 15 is 0 Å². The van der Waals surface area contributed by atoms with Crippen LogP contribution in [-0.2, 0) is 10.0 Å². The Morgan fingerprint density at radius 1 is 1.11 bits per heavy atom. The third kappa shape index (κ3) is 5.47. The SMILES string of the molecule is Cc1ccc(NS(=O)(=O)c2ccc(C(=O)NCC(N)C3CC3)cc2)cc1C.Cl. The number of anilines is 1. The number of sulfonamides is 1. The van der Waals surface area contributed by atoms with Gasteiger partial charge in [-0.2, -0.15) is 0 Å². The number of aryl methyl sites for hydroxylation is 2. The van der Waals surface area contributed by atoms with Gasteiger partial charge in [0, 0.05) is 23.8 Å². The summed E-state index contributed by atoms with van der Waals surface area (Å²) in [4.78, 5) is 12.3. The Morgan fingerprint density at radius 3 is 2.32 bits per heavy atom. The molecule has 0 aliphatic heterocycles. The van der Waals surface area contributed by atoms with Crippen molar-refractivity contribution in [3.63, 3.8) is 0 Å². The van der Waals surface area contributed by atoms with E-state index in [0.29, 0.717) is 23.7 Å². The predicted octanol–water partition coefficient (Wildman–Crippen LogP) is 2.99. The summed E-state index contributed by atoms with van der Waals surface area (Å²) in [6.45, 7) is 4.32. The molecule has 1 unspecified atom stereocenters. The monoisotopic (exact) mass is 423 g/mol. The van der Waals surface area contributed by atoms with E-state index in [0.717, 1.165) is 24.0 Å². The summed E-state index contributed by atoms with van der Waals surface area (Å²) >= 11 is 0. The number of nitrogens with one attached hydrogen (secondary N) is 2. The van der Waals surface area contributed by atoms with Crippen LogP contribution in [0, 0.1) is 19.8 Å². The Labute approximate surface area is 172 Å². The maximum Gasteiger partial charge on any atom is 0.261 e. The lowest BCUT2D eigenvalue weighted by atomic mass is 10.1. The first-order valence-electron chi connectivity index (χ1n) is 9.00. The van der Waals surface area contributed by atoms with Gasteiger partial charge in [-0.05, 0) is 80.1 Å². The van der Waals surface area contributed by atoms with Crippen molar-refractivity contribution in [1.29, 1.82) is 0 Å². The normalized spacial score (nSPS) is 14.7. The van der Waals surface area contributed by atoms with Crippen molar-refractivity contribution in [3.8, 4) is 0 Å². The van der Waals surface area contributed by atoms with Crippen molar-refractivity contribution in [2.45, 2.75) is 37.6 Å². The van der Waals surface area contributed by atoms with E-state index in [1.165, 1.54) is 24.3 Å². The molecule has 8 heteroatoms. The Bertz CT molecular complexity index is 942. The lowest BCUT2D eigenvalue weighted by Gasteiger charge is -2.12. The van der Waals surface area contributed by atoms with E-state index in [4.69, 9.17) is 5.73 Å². The van der Waals surface area contributed by atoms with Gasteiger partial charge in [-0.15, -0.1) is 12.4 Å². The van der Waals surface area contributed by atoms with Crippen molar-refractivity contribution < 1.29 is 13.2 Å². The highest BCUT2D eigenvalue weighted by atomic mass is 35.5. The van der Waals surface area contributed by atoms with Crippen molar-refractivity contribution in [2.75, 3.05) is 11.3 Å². The van der Waals surface area contributed by atoms with Crippen LogP contribution in [0.5, 0.6) is 0 Å². The van der Waals surface area contributed by atoms with Gasteiger partial charge in [0.2, 0.25) is 0 Å². The van der Waals surface area contributed by atoms with Crippen molar-refractivity contribution in [2.24, 2.45) is 11.7 Å². The molecule has 6 nitrogen and oxygen atoms in total. The lowest BCUT2D eigenvalue weighted by molar-refractivity contribution is 0.0950. The van der Waals surface area contributed by atoms with Gasteiger partial charge in [-0.1, -0.05) is 6.07 Å². The van der Waals surface area contributed by atoms with Crippen LogP contribution in [-0.4, -0.2) is 26.9 Å². The maximum absolute atomic E-state index is 12.5. The molecule has 1 amide bonds. The van der Waals surface area contributed by atoms with E-state index in [1.807, 2.05) is 19.9 Å². The third-order valence-corrected chi connectivity index (χ3v) is 6.31. The second kappa shape index (κ2) is 8.94. The van der Waals surface area contributed by atoms with Gasteiger partial charge >= 0.3 is 0 Å². The van der Waals surface area contributed by atoms with Crippen LogP contribution in [0.15, 0.2) is 47.4 Å². The molecule has 1 aliphatic carbocycles. The molecule has 28 heavy (non-hydrogen) atoms. The van der Waals surface area contributed by atoms with Gasteiger partial charge in [0.05, 0.1) is 4.90 Å². The van der Waals surface area contributed by atoms with Gasteiger partial charge in [0.1, 0.15) is 0 Å². The standard InChI is InChI=1S/C20H25N3O3S.ClH/c1-13-3-8-17(11-14(13)2)23-27(25,26)18-9-6-16(7-10-18)20(24)22-12-19(21)15-4-5-15;/h3,6-11,15,19,23H,4-5,12,21H2,1-2H3,(H,22,24);1H. The number of carbonyl (C=O) groups excluding carboxylic acids is 1. The average Bonchev–Trinajstić information content (AvgIpc) is 3.47. The highest BCUT2D eigenvalue weighted by Gasteiger charge is 2.28. The van der Waals surface area contributed by atoms with Gasteiger partial charge in [-0.3, -0.25) is 9.52 Å². The first-order chi connectivity index (χ1) is 12.8. The van der Waals surface area contributed by atoms with Gasteiger partial charge in [-0.25, -0.2) is 8.42 Å². The number of rotatable bonds is 7. The number of halogens is 1. The molecule has 0 radical (unpaired) electrons. The second-order valence-electron chi connectivity index (χ2n) is 7.14. The Balaban J connectivity index is 0.00000280. The van der Waals surface area contributed by atoms with E-state index in [9.17, 15) is 13.2 Å². The largest absolute Gasteiger partial charge is 0.350 e. The molecule has 2 aromatic rings. The lowest BCUT2D eigenvalue weighted by Crippen LogP contribution is -2.38. The summed E-state index contributed by atoms with van der Waals surface area (Å²) in [5.41, 5.74) is 8.99. The van der Waals surface area contributed by atoms with E-state index in [2.05, 4.69) is 10.0 Å². The molecule has 0 bridgehead atoms. The third-order valence-electron chi connectivity index (χ3n) is 4.91. The van der Waals surface area contributed by atoms with Crippen LogP contribution in [0.25, 0.3) is 0 Å². The van der Waals surface area contributed by atoms with Crippen molar-refractivity contribution in [3.05, 3.63) is 59.2 Å². The molecule has 3 rings (SSSR count). The van der Waals surface area contributed by atoms with E-state index in [1.54, 1.807) is 12.1 Å². The molecule has 2 aromatic carbocycles. The van der Waals surface area contributed by atoms with Gasteiger partial charge in [0.15, 0.2) is 0 Å². The molecule has 0 aromatic heterocycles. The number of amides is 1. The minimum absolute atomic E-state index is 0. The second-order valence-corrected chi connectivity index (χ2v) is 8.82. The molecule has 1 saturated carbocycles. The molecule has 0 spiro atoms. The fraction of sp³-hybridized carbons (Fsp3) is 0.350. The Hall–Kier alpha value is -2.09. The summed E-state index contributed by atoms with van der Waals surface area (Å²) in [6, 6.07) is 11.2. The number of carbonyl (C=O) groups is 1. The summed E-state index contributed by atoms with van der Waals surface area (Å²) in [5.74, 6) is 0.256. The van der Waals surface area contributed by atoms with Crippen molar-refractivity contribution in [1.82, 2.24) is 5.32 Å². The summed E-state index contributed by atoms with van der Waals surface area (Å²) in [6.07, 6.45) is 2.24. The number of hydrogen-bond acceptors (Lipinski definition) is 4. The van der Waals surface area contributed by atoms with Crippen LogP contribution >= 0.6 is 12.4 Å². The predicted molar refractivity (Wildman–Crippen MR) is 113 cm³/mol. The quantitative estimate of drug-likeness (QED) is 0.637. The zero-order chi connectivity index (χ0) is 19.6. The smallest absolute Gasteiger partial charge is 0.261 e. The molecule has 1 aliphatic rings. The van der Waals surface area contributed by atoms with Crippen LogP contribution in [0.2, 0.25) is 0 Å². The molecule has 0 heterocycles. The summed E-state index contributed by atoms with van der Waals surface area (Å²) in [5, 5.41) is 2.80. The van der Waals surface area contributed by atoms with Crippen LogP contribution in [0.3, 0.4) is 0 Å². The van der Waals surface area contributed by atoms with E-state index < -0.39 is 10.0 Å². The molecule has 152 valence electrons. The summed E-state index contributed by atoms with van der Waals surface area (Å²) in [7, 11) is -3.72. The highest BCUT2D eigenvalue weighted by molar-refractivity contribution is 7.92. The fourth-order valence-electron chi connectivity index (χ4n) is 2.81. The number of nitrogens with two attached hydrogens (primary N) is 1. The number of hydrogen-bond donors (Lipinski definition) is 3.